The number of phenols is 1. The molecule has 0 aliphatic heterocycles. The molecule has 1 aromatic rings. The molecular weight excluding hydrogens is 186 g/mol. The first-order valence-electron chi connectivity index (χ1n) is 5.86. The highest BCUT2D eigenvalue weighted by Gasteiger charge is 2.14. The summed E-state index contributed by atoms with van der Waals surface area (Å²) >= 11 is 0. The summed E-state index contributed by atoms with van der Waals surface area (Å²) < 4.78 is 0. The number of rotatable bonds is 1. The standard InChI is InChI=1S/C13H19NO/c14-12-9-11(7-8-13(12)15)10-5-3-1-2-4-6-10/h7-10,15H,1-6,14H2. The average Bonchev–Trinajstić information content (AvgIpc) is 2.50. The van der Waals surface area contributed by atoms with Crippen molar-refractivity contribution in [1.29, 1.82) is 0 Å². The van der Waals surface area contributed by atoms with Gasteiger partial charge in [-0.25, -0.2) is 0 Å². The molecule has 2 rings (SSSR count). The van der Waals surface area contributed by atoms with Crippen LogP contribution in [0.2, 0.25) is 0 Å². The SMILES string of the molecule is Nc1cc(C2CCCCCC2)ccc1O. The second-order valence-corrected chi connectivity index (χ2v) is 4.51. The predicted octanol–water partition coefficient (Wildman–Crippen LogP) is 3.41. The zero-order chi connectivity index (χ0) is 10.7. The number of hydrogen-bond acceptors (Lipinski definition) is 2. The molecule has 0 bridgehead atoms. The highest BCUT2D eigenvalue weighted by atomic mass is 16.3. The predicted molar refractivity (Wildman–Crippen MR) is 63.0 cm³/mol. The van der Waals surface area contributed by atoms with Crippen LogP contribution >= 0.6 is 0 Å². The lowest BCUT2D eigenvalue weighted by atomic mass is 9.91. The maximum absolute atomic E-state index is 9.37. The van der Waals surface area contributed by atoms with Gasteiger partial charge >= 0.3 is 0 Å². The maximum Gasteiger partial charge on any atom is 0.138 e. The Bertz CT molecular complexity index is 327. The van der Waals surface area contributed by atoms with Crippen LogP contribution in [0.25, 0.3) is 0 Å². The van der Waals surface area contributed by atoms with Crippen LogP contribution in [0, 0.1) is 0 Å². The van der Waals surface area contributed by atoms with Crippen molar-refractivity contribution in [2.45, 2.75) is 44.4 Å². The van der Waals surface area contributed by atoms with Gasteiger partial charge in [-0.3, -0.25) is 0 Å². The lowest BCUT2D eigenvalue weighted by Gasteiger charge is -2.15. The van der Waals surface area contributed by atoms with E-state index in [2.05, 4.69) is 0 Å². The Morgan fingerprint density at radius 3 is 2.33 bits per heavy atom. The van der Waals surface area contributed by atoms with E-state index in [0.29, 0.717) is 11.6 Å². The van der Waals surface area contributed by atoms with Gasteiger partial charge in [0.25, 0.3) is 0 Å². The molecule has 15 heavy (non-hydrogen) atoms. The van der Waals surface area contributed by atoms with Crippen LogP contribution in [-0.2, 0) is 0 Å². The summed E-state index contributed by atoms with van der Waals surface area (Å²) in [5.74, 6) is 0.850. The Balaban J connectivity index is 2.16. The zero-order valence-electron chi connectivity index (χ0n) is 9.08. The van der Waals surface area contributed by atoms with Gasteiger partial charge in [0.05, 0.1) is 5.69 Å². The molecule has 1 aliphatic rings. The number of benzene rings is 1. The first kappa shape index (κ1) is 10.3. The summed E-state index contributed by atoms with van der Waals surface area (Å²) in [6, 6.07) is 5.67. The molecule has 1 aliphatic carbocycles. The fraction of sp³-hybridized carbons (Fsp3) is 0.538. The van der Waals surface area contributed by atoms with Crippen molar-refractivity contribution in [2.24, 2.45) is 0 Å². The van der Waals surface area contributed by atoms with Gasteiger partial charge in [-0.1, -0.05) is 31.7 Å². The number of aromatic hydroxyl groups is 1. The third-order valence-electron chi connectivity index (χ3n) is 3.38. The molecule has 3 N–H and O–H groups in total. The monoisotopic (exact) mass is 205 g/mol. The molecule has 1 aromatic carbocycles. The molecule has 2 heteroatoms. The van der Waals surface area contributed by atoms with Gasteiger partial charge in [-0.05, 0) is 36.5 Å². The van der Waals surface area contributed by atoms with Crippen LogP contribution in [0.5, 0.6) is 5.75 Å². The van der Waals surface area contributed by atoms with Crippen LogP contribution in [0.3, 0.4) is 0 Å². The summed E-state index contributed by atoms with van der Waals surface area (Å²) in [7, 11) is 0. The lowest BCUT2D eigenvalue weighted by molar-refractivity contribution is 0.477. The largest absolute Gasteiger partial charge is 0.506 e. The summed E-state index contributed by atoms with van der Waals surface area (Å²) in [4.78, 5) is 0. The fourth-order valence-corrected chi connectivity index (χ4v) is 2.44. The zero-order valence-corrected chi connectivity index (χ0v) is 9.08. The number of nitrogen functional groups attached to an aromatic ring is 1. The average molecular weight is 205 g/mol. The Morgan fingerprint density at radius 1 is 1.07 bits per heavy atom. The molecule has 0 spiro atoms. The molecule has 0 unspecified atom stereocenters. The van der Waals surface area contributed by atoms with E-state index in [1.54, 1.807) is 6.07 Å². The lowest BCUT2D eigenvalue weighted by Crippen LogP contribution is -1.98. The van der Waals surface area contributed by atoms with Crippen molar-refractivity contribution in [3.63, 3.8) is 0 Å². The van der Waals surface area contributed by atoms with Gasteiger partial charge in [0.1, 0.15) is 5.75 Å². The van der Waals surface area contributed by atoms with E-state index >= 15 is 0 Å². The van der Waals surface area contributed by atoms with Gasteiger partial charge in [0.15, 0.2) is 0 Å². The van der Waals surface area contributed by atoms with E-state index in [1.807, 2.05) is 12.1 Å². The molecule has 0 aromatic heterocycles. The van der Waals surface area contributed by atoms with Gasteiger partial charge in [-0.2, -0.15) is 0 Å². The minimum atomic E-state index is 0.201. The summed E-state index contributed by atoms with van der Waals surface area (Å²) in [5, 5.41) is 9.37. The van der Waals surface area contributed by atoms with E-state index < -0.39 is 0 Å². The van der Waals surface area contributed by atoms with Crippen molar-refractivity contribution in [3.05, 3.63) is 23.8 Å². The Labute approximate surface area is 91.1 Å². The van der Waals surface area contributed by atoms with Crippen LogP contribution in [0.4, 0.5) is 5.69 Å². The number of nitrogens with two attached hydrogens (primary N) is 1. The van der Waals surface area contributed by atoms with Crippen molar-refractivity contribution in [1.82, 2.24) is 0 Å². The van der Waals surface area contributed by atoms with Crippen LogP contribution in [0.1, 0.15) is 50.0 Å². The Morgan fingerprint density at radius 2 is 1.73 bits per heavy atom. The Hall–Kier alpha value is -1.18. The first-order valence-corrected chi connectivity index (χ1v) is 5.86. The third-order valence-corrected chi connectivity index (χ3v) is 3.38. The van der Waals surface area contributed by atoms with Crippen LogP contribution in [0.15, 0.2) is 18.2 Å². The minimum Gasteiger partial charge on any atom is -0.506 e. The highest BCUT2D eigenvalue weighted by molar-refractivity contribution is 5.53. The number of hydrogen-bond donors (Lipinski definition) is 2. The van der Waals surface area contributed by atoms with E-state index in [1.165, 1.54) is 44.1 Å². The molecule has 0 radical (unpaired) electrons. The highest BCUT2D eigenvalue weighted by Crippen LogP contribution is 2.34. The van der Waals surface area contributed by atoms with Crippen molar-refractivity contribution in [2.75, 3.05) is 5.73 Å². The Kier molecular flexibility index (Phi) is 3.14. The molecule has 1 fully saturated rings. The van der Waals surface area contributed by atoms with Crippen LogP contribution in [-0.4, -0.2) is 5.11 Å². The van der Waals surface area contributed by atoms with E-state index in [4.69, 9.17) is 5.73 Å². The molecule has 0 atom stereocenters. The van der Waals surface area contributed by atoms with E-state index in [-0.39, 0.29) is 5.75 Å². The second kappa shape index (κ2) is 4.56. The first-order chi connectivity index (χ1) is 7.27. The summed E-state index contributed by atoms with van der Waals surface area (Å²) in [5.41, 5.74) is 7.53. The third kappa shape index (κ3) is 2.44. The molecule has 82 valence electrons. The molecular formula is C13H19NO. The summed E-state index contributed by atoms with van der Waals surface area (Å²) in [6.07, 6.45) is 7.92. The van der Waals surface area contributed by atoms with Crippen LogP contribution < -0.4 is 5.73 Å². The smallest absolute Gasteiger partial charge is 0.138 e. The van der Waals surface area contributed by atoms with Crippen molar-refractivity contribution in [3.8, 4) is 5.75 Å². The van der Waals surface area contributed by atoms with E-state index in [9.17, 15) is 5.11 Å². The fourth-order valence-electron chi connectivity index (χ4n) is 2.44. The number of anilines is 1. The molecule has 0 heterocycles. The molecule has 2 nitrogen and oxygen atoms in total. The van der Waals surface area contributed by atoms with Gasteiger partial charge in [0, 0.05) is 0 Å². The van der Waals surface area contributed by atoms with Gasteiger partial charge in [-0.15, -0.1) is 0 Å². The molecule has 1 saturated carbocycles. The van der Waals surface area contributed by atoms with Gasteiger partial charge in [0.2, 0.25) is 0 Å². The van der Waals surface area contributed by atoms with E-state index in [0.717, 1.165) is 0 Å². The quantitative estimate of drug-likeness (QED) is 0.419. The molecule has 0 amide bonds. The van der Waals surface area contributed by atoms with Crippen molar-refractivity contribution >= 4 is 5.69 Å². The maximum atomic E-state index is 9.37. The second-order valence-electron chi connectivity index (χ2n) is 4.51. The van der Waals surface area contributed by atoms with Gasteiger partial charge < -0.3 is 10.8 Å². The minimum absolute atomic E-state index is 0.201. The topological polar surface area (TPSA) is 46.2 Å². The molecule has 0 saturated heterocycles. The van der Waals surface area contributed by atoms with Crippen molar-refractivity contribution < 1.29 is 5.11 Å². The number of phenolic OH excluding ortho intramolecular Hbond substituents is 1. The normalized spacial score (nSPS) is 18.7. The summed E-state index contributed by atoms with van der Waals surface area (Å²) in [6.45, 7) is 0.